The number of halogens is 1. The van der Waals surface area contributed by atoms with E-state index >= 15 is 0 Å². The Bertz CT molecular complexity index is 1060. The first kappa shape index (κ1) is 17.4. The van der Waals surface area contributed by atoms with Crippen molar-refractivity contribution in [2.75, 3.05) is 18.4 Å². The average Bonchev–Trinajstić information content (AvgIpc) is 3.37. The predicted molar refractivity (Wildman–Crippen MR) is 105 cm³/mol. The minimum Gasteiger partial charge on any atom is -0.338 e. The van der Waals surface area contributed by atoms with E-state index in [2.05, 4.69) is 25.5 Å². The van der Waals surface area contributed by atoms with Gasteiger partial charge in [0.2, 0.25) is 11.9 Å². The zero-order valence-electron chi connectivity index (χ0n) is 15.8. The summed E-state index contributed by atoms with van der Waals surface area (Å²) in [5.41, 5.74) is 2.40. The number of fused-ring (bicyclic) bond motifs is 1. The van der Waals surface area contributed by atoms with Gasteiger partial charge in [0.25, 0.3) is 0 Å². The number of aromatic nitrogens is 6. The third-order valence-electron chi connectivity index (χ3n) is 5.38. The molecule has 3 aromatic rings. The summed E-state index contributed by atoms with van der Waals surface area (Å²) in [4.78, 5) is 22.9. The molecule has 1 N–H and O–H groups in total. The summed E-state index contributed by atoms with van der Waals surface area (Å²) in [6.45, 7) is 6.06. The fourth-order valence-corrected chi connectivity index (χ4v) is 3.73. The summed E-state index contributed by atoms with van der Waals surface area (Å²) in [5, 5.41) is 13.2. The van der Waals surface area contributed by atoms with Crippen LogP contribution in [0, 0.1) is 12.8 Å². The fraction of sp³-hybridized carbons (Fsp3) is 0.500. The molecule has 0 radical (unpaired) electrons. The van der Waals surface area contributed by atoms with Crippen LogP contribution in [-0.2, 0) is 11.3 Å². The van der Waals surface area contributed by atoms with Gasteiger partial charge in [0.05, 0.1) is 22.8 Å². The molecule has 2 fully saturated rings. The summed E-state index contributed by atoms with van der Waals surface area (Å²) >= 11 is 6.14. The second-order valence-corrected chi connectivity index (χ2v) is 7.80. The molecule has 5 rings (SSSR count). The van der Waals surface area contributed by atoms with E-state index in [0.717, 1.165) is 42.7 Å². The molecule has 1 aliphatic carbocycles. The van der Waals surface area contributed by atoms with Gasteiger partial charge < -0.3 is 10.2 Å². The first-order valence-corrected chi connectivity index (χ1v) is 9.92. The SMILES string of the molecule is CCn1nc(Cl)c2cnc(Nc3cn(C4CN(C(=O)C5CC5)C4)nc3C)nc21. The molecule has 0 aromatic carbocycles. The lowest BCUT2D eigenvalue weighted by atomic mass is 10.1. The number of likely N-dealkylation sites (tertiary alicyclic amines) is 1. The number of rotatable bonds is 5. The molecule has 3 aromatic heterocycles. The summed E-state index contributed by atoms with van der Waals surface area (Å²) in [6, 6.07) is 0.223. The molecule has 0 bridgehead atoms. The lowest BCUT2D eigenvalue weighted by Gasteiger charge is -2.39. The van der Waals surface area contributed by atoms with E-state index in [1.54, 1.807) is 10.9 Å². The van der Waals surface area contributed by atoms with Gasteiger partial charge in [-0.05, 0) is 26.7 Å². The van der Waals surface area contributed by atoms with Gasteiger partial charge in [-0.3, -0.25) is 9.48 Å². The smallest absolute Gasteiger partial charge is 0.229 e. The Labute approximate surface area is 166 Å². The van der Waals surface area contributed by atoms with Crippen LogP contribution < -0.4 is 5.32 Å². The van der Waals surface area contributed by atoms with Crippen LogP contribution in [0.1, 0.15) is 31.5 Å². The van der Waals surface area contributed by atoms with Crippen LogP contribution in [0.5, 0.6) is 0 Å². The van der Waals surface area contributed by atoms with Gasteiger partial charge in [0.1, 0.15) is 0 Å². The third kappa shape index (κ3) is 2.90. The van der Waals surface area contributed by atoms with E-state index in [4.69, 9.17) is 11.6 Å². The maximum Gasteiger partial charge on any atom is 0.229 e. The Hall–Kier alpha value is -2.68. The fourth-order valence-electron chi connectivity index (χ4n) is 3.51. The average molecular weight is 401 g/mol. The highest BCUT2D eigenvalue weighted by Gasteiger charge is 2.40. The second kappa shape index (κ2) is 6.44. The molecule has 1 amide bonds. The van der Waals surface area contributed by atoms with Crippen molar-refractivity contribution in [3.8, 4) is 0 Å². The summed E-state index contributed by atoms with van der Waals surface area (Å²) in [5.74, 6) is 1.04. The highest BCUT2D eigenvalue weighted by atomic mass is 35.5. The van der Waals surface area contributed by atoms with Gasteiger partial charge in [-0.15, -0.1) is 0 Å². The molecule has 9 nitrogen and oxygen atoms in total. The van der Waals surface area contributed by atoms with Gasteiger partial charge in [-0.1, -0.05) is 11.6 Å². The first-order chi connectivity index (χ1) is 13.5. The third-order valence-corrected chi connectivity index (χ3v) is 5.66. The van der Waals surface area contributed by atoms with Crippen LogP contribution in [0.3, 0.4) is 0 Å². The van der Waals surface area contributed by atoms with Crippen LogP contribution in [0.25, 0.3) is 11.0 Å². The van der Waals surface area contributed by atoms with E-state index in [1.807, 2.05) is 29.6 Å². The van der Waals surface area contributed by atoms with E-state index in [9.17, 15) is 4.79 Å². The number of aryl methyl sites for hydroxylation is 2. The van der Waals surface area contributed by atoms with Crippen molar-refractivity contribution < 1.29 is 4.79 Å². The van der Waals surface area contributed by atoms with Crippen molar-refractivity contribution in [3.05, 3.63) is 23.2 Å². The monoisotopic (exact) mass is 400 g/mol. The summed E-state index contributed by atoms with van der Waals surface area (Å²) in [7, 11) is 0. The number of amides is 1. The van der Waals surface area contributed by atoms with Crippen LogP contribution in [-0.4, -0.2) is 53.4 Å². The zero-order chi connectivity index (χ0) is 19.4. The molecule has 2 aliphatic rings. The highest BCUT2D eigenvalue weighted by molar-refractivity contribution is 6.34. The van der Waals surface area contributed by atoms with Crippen LogP contribution in [0.15, 0.2) is 12.4 Å². The molecule has 28 heavy (non-hydrogen) atoms. The number of nitrogens with one attached hydrogen (secondary N) is 1. The Balaban J connectivity index is 1.32. The molecule has 1 saturated heterocycles. The molecular formula is C18H21ClN8O. The Morgan fingerprint density at radius 3 is 2.82 bits per heavy atom. The number of carbonyl (C=O) groups is 1. The van der Waals surface area contributed by atoms with Gasteiger partial charge in [0, 0.05) is 37.9 Å². The number of anilines is 2. The maximum atomic E-state index is 12.1. The second-order valence-electron chi connectivity index (χ2n) is 7.44. The van der Waals surface area contributed by atoms with Crippen molar-refractivity contribution in [1.82, 2.24) is 34.4 Å². The van der Waals surface area contributed by atoms with Crippen molar-refractivity contribution in [3.63, 3.8) is 0 Å². The van der Waals surface area contributed by atoms with Crippen molar-refractivity contribution in [2.24, 2.45) is 5.92 Å². The highest BCUT2D eigenvalue weighted by Crippen LogP contribution is 2.34. The van der Waals surface area contributed by atoms with E-state index in [1.165, 1.54) is 0 Å². The van der Waals surface area contributed by atoms with Crippen LogP contribution >= 0.6 is 11.6 Å². The van der Waals surface area contributed by atoms with E-state index in [-0.39, 0.29) is 12.0 Å². The predicted octanol–water partition coefficient (Wildman–Crippen LogP) is 2.54. The summed E-state index contributed by atoms with van der Waals surface area (Å²) < 4.78 is 3.68. The maximum absolute atomic E-state index is 12.1. The Morgan fingerprint density at radius 2 is 2.11 bits per heavy atom. The quantitative estimate of drug-likeness (QED) is 0.707. The number of hydrogen-bond acceptors (Lipinski definition) is 6. The van der Waals surface area contributed by atoms with Crippen molar-refractivity contribution >= 4 is 40.2 Å². The van der Waals surface area contributed by atoms with Crippen LogP contribution in [0.4, 0.5) is 11.6 Å². The molecular weight excluding hydrogens is 380 g/mol. The van der Waals surface area contributed by atoms with Gasteiger partial charge in [-0.2, -0.15) is 15.2 Å². The minimum absolute atomic E-state index is 0.223. The normalized spacial score (nSPS) is 17.2. The topological polar surface area (TPSA) is 93.8 Å². The molecule has 4 heterocycles. The van der Waals surface area contributed by atoms with Crippen molar-refractivity contribution in [2.45, 2.75) is 39.3 Å². The van der Waals surface area contributed by atoms with Gasteiger partial charge >= 0.3 is 0 Å². The van der Waals surface area contributed by atoms with Crippen molar-refractivity contribution in [1.29, 1.82) is 0 Å². The van der Waals surface area contributed by atoms with Gasteiger partial charge in [-0.25, -0.2) is 9.67 Å². The molecule has 1 saturated carbocycles. The number of carbonyl (C=O) groups excluding carboxylic acids is 1. The molecule has 0 atom stereocenters. The Morgan fingerprint density at radius 1 is 1.32 bits per heavy atom. The summed E-state index contributed by atoms with van der Waals surface area (Å²) in [6.07, 6.45) is 5.72. The Kier molecular flexibility index (Phi) is 4.01. The minimum atomic E-state index is 0.223. The lowest BCUT2D eigenvalue weighted by molar-refractivity contribution is -0.138. The molecule has 1 aliphatic heterocycles. The lowest BCUT2D eigenvalue weighted by Crippen LogP contribution is -2.51. The van der Waals surface area contributed by atoms with Crippen LogP contribution in [0.2, 0.25) is 5.15 Å². The standard InChI is InChI=1S/C18H21ClN8O/c1-3-26-16-13(15(19)24-26)6-20-18(22-16)21-14-9-27(23-10(14)2)12-7-25(8-12)17(28)11-4-5-11/h6,9,11-12H,3-5,7-8H2,1-2H3,(H,20,21,22). The van der Waals surface area contributed by atoms with E-state index < -0.39 is 0 Å². The zero-order valence-corrected chi connectivity index (χ0v) is 16.5. The molecule has 0 unspecified atom stereocenters. The molecule has 10 heteroatoms. The molecule has 0 spiro atoms. The number of nitrogens with zero attached hydrogens (tertiary/aromatic N) is 7. The number of hydrogen-bond donors (Lipinski definition) is 1. The largest absolute Gasteiger partial charge is 0.338 e. The molecule has 146 valence electrons. The van der Waals surface area contributed by atoms with E-state index in [0.29, 0.717) is 29.2 Å². The first-order valence-electron chi connectivity index (χ1n) is 9.54. The van der Waals surface area contributed by atoms with Gasteiger partial charge in [0.15, 0.2) is 10.8 Å².